The SMILES string of the molecule is CCCCOc1ccc2c(ccc3onc(C4CCC(=O)CC4=O)c32)c1. The lowest BCUT2D eigenvalue weighted by Gasteiger charge is -2.18. The van der Waals surface area contributed by atoms with E-state index in [1.165, 1.54) is 0 Å². The molecular weight excluding hydrogens is 330 g/mol. The number of aromatic nitrogens is 1. The van der Waals surface area contributed by atoms with Crippen molar-refractivity contribution < 1.29 is 18.8 Å². The molecule has 0 bridgehead atoms. The average Bonchev–Trinajstić information content (AvgIpc) is 3.06. The summed E-state index contributed by atoms with van der Waals surface area (Å²) in [6, 6.07) is 9.81. The van der Waals surface area contributed by atoms with Crippen molar-refractivity contribution in [1.82, 2.24) is 5.16 Å². The van der Waals surface area contributed by atoms with E-state index < -0.39 is 0 Å². The van der Waals surface area contributed by atoms with Gasteiger partial charge in [0.15, 0.2) is 5.58 Å². The van der Waals surface area contributed by atoms with E-state index in [2.05, 4.69) is 12.1 Å². The lowest BCUT2D eigenvalue weighted by molar-refractivity contribution is -0.130. The quantitative estimate of drug-likeness (QED) is 0.498. The molecule has 4 rings (SSSR count). The van der Waals surface area contributed by atoms with Crippen LogP contribution in [0.25, 0.3) is 21.7 Å². The number of hydrogen-bond donors (Lipinski definition) is 0. The Morgan fingerprint density at radius 3 is 2.92 bits per heavy atom. The normalized spacial score (nSPS) is 18.0. The highest BCUT2D eigenvalue weighted by molar-refractivity contribution is 6.11. The molecule has 0 aliphatic heterocycles. The Morgan fingerprint density at radius 1 is 1.23 bits per heavy atom. The summed E-state index contributed by atoms with van der Waals surface area (Å²) in [6.45, 7) is 2.83. The standard InChI is InChI=1S/C21H21NO4/c1-2-3-10-25-15-6-8-16-13(11-15)4-9-19-20(16)21(22-26-19)17-7-5-14(23)12-18(17)24/h4,6,8-9,11,17H,2-3,5,7,10,12H2,1H3. The van der Waals surface area contributed by atoms with Crippen LogP contribution in [0.2, 0.25) is 0 Å². The van der Waals surface area contributed by atoms with Gasteiger partial charge >= 0.3 is 0 Å². The number of ketones is 2. The molecule has 0 radical (unpaired) electrons. The van der Waals surface area contributed by atoms with E-state index >= 15 is 0 Å². The third-order valence-corrected chi connectivity index (χ3v) is 5.02. The van der Waals surface area contributed by atoms with Crippen molar-refractivity contribution >= 4 is 33.3 Å². The van der Waals surface area contributed by atoms with E-state index in [1.807, 2.05) is 30.3 Å². The van der Waals surface area contributed by atoms with Crippen LogP contribution in [0, 0.1) is 0 Å². The predicted molar refractivity (Wildman–Crippen MR) is 98.5 cm³/mol. The Hall–Kier alpha value is -2.69. The molecule has 0 amide bonds. The second kappa shape index (κ2) is 6.90. The van der Waals surface area contributed by atoms with Crippen molar-refractivity contribution in [3.05, 3.63) is 36.0 Å². The molecular formula is C21H21NO4. The Morgan fingerprint density at radius 2 is 2.12 bits per heavy atom. The van der Waals surface area contributed by atoms with Gasteiger partial charge in [0.25, 0.3) is 0 Å². The van der Waals surface area contributed by atoms with E-state index in [9.17, 15) is 9.59 Å². The number of nitrogens with zero attached hydrogens (tertiary/aromatic N) is 1. The Bertz CT molecular complexity index is 988. The van der Waals surface area contributed by atoms with Crippen LogP contribution in [0.15, 0.2) is 34.9 Å². The van der Waals surface area contributed by atoms with Crippen LogP contribution < -0.4 is 4.74 Å². The van der Waals surface area contributed by atoms with Gasteiger partial charge in [0.1, 0.15) is 23.0 Å². The maximum absolute atomic E-state index is 12.4. The number of Topliss-reactive ketones (excluding diaryl/α,β-unsaturated/α-hetero) is 2. The Balaban J connectivity index is 1.75. The zero-order chi connectivity index (χ0) is 18.1. The molecule has 0 N–H and O–H groups in total. The van der Waals surface area contributed by atoms with Gasteiger partial charge < -0.3 is 9.26 Å². The van der Waals surface area contributed by atoms with Crippen molar-refractivity contribution in [2.45, 2.75) is 44.9 Å². The van der Waals surface area contributed by atoms with Crippen molar-refractivity contribution in [2.75, 3.05) is 6.61 Å². The first-order valence-corrected chi connectivity index (χ1v) is 9.16. The molecule has 1 aliphatic rings. The molecule has 1 atom stereocenters. The second-order valence-electron chi connectivity index (χ2n) is 6.86. The zero-order valence-electron chi connectivity index (χ0n) is 14.8. The van der Waals surface area contributed by atoms with Gasteiger partial charge in [-0.15, -0.1) is 0 Å². The molecule has 134 valence electrons. The van der Waals surface area contributed by atoms with Crippen LogP contribution in [0.1, 0.15) is 50.6 Å². The van der Waals surface area contributed by atoms with Gasteiger partial charge in [-0.3, -0.25) is 9.59 Å². The predicted octanol–water partition coefficient (Wildman–Crippen LogP) is 4.57. The van der Waals surface area contributed by atoms with Crippen LogP contribution in [-0.4, -0.2) is 23.3 Å². The number of carbonyl (C=O) groups excluding carboxylic acids is 2. The first-order chi connectivity index (χ1) is 12.7. The fourth-order valence-electron chi connectivity index (χ4n) is 3.60. The minimum atomic E-state index is -0.361. The van der Waals surface area contributed by atoms with Gasteiger partial charge in [-0.2, -0.15) is 0 Å². The minimum Gasteiger partial charge on any atom is -0.494 e. The van der Waals surface area contributed by atoms with E-state index in [-0.39, 0.29) is 23.9 Å². The summed E-state index contributed by atoms with van der Waals surface area (Å²) >= 11 is 0. The van der Waals surface area contributed by atoms with Crippen LogP contribution in [0.3, 0.4) is 0 Å². The van der Waals surface area contributed by atoms with Crippen molar-refractivity contribution in [1.29, 1.82) is 0 Å². The van der Waals surface area contributed by atoms with Crippen molar-refractivity contribution in [3.8, 4) is 5.75 Å². The molecule has 1 aromatic heterocycles. The molecule has 0 saturated heterocycles. The monoisotopic (exact) mass is 351 g/mol. The van der Waals surface area contributed by atoms with Crippen molar-refractivity contribution in [3.63, 3.8) is 0 Å². The smallest absolute Gasteiger partial charge is 0.167 e. The third-order valence-electron chi connectivity index (χ3n) is 5.02. The molecule has 1 heterocycles. The van der Waals surface area contributed by atoms with E-state index in [1.54, 1.807) is 0 Å². The Kier molecular flexibility index (Phi) is 4.45. The highest BCUT2D eigenvalue weighted by Crippen LogP contribution is 2.37. The van der Waals surface area contributed by atoms with E-state index in [0.29, 0.717) is 30.7 Å². The zero-order valence-corrected chi connectivity index (χ0v) is 14.8. The molecule has 5 nitrogen and oxygen atoms in total. The van der Waals surface area contributed by atoms with E-state index in [4.69, 9.17) is 9.26 Å². The average molecular weight is 351 g/mol. The first kappa shape index (κ1) is 16.8. The maximum atomic E-state index is 12.4. The highest BCUT2D eigenvalue weighted by Gasteiger charge is 2.32. The van der Waals surface area contributed by atoms with Crippen molar-refractivity contribution in [2.24, 2.45) is 0 Å². The topological polar surface area (TPSA) is 69.4 Å². The largest absolute Gasteiger partial charge is 0.494 e. The number of ether oxygens (including phenoxy) is 1. The number of hydrogen-bond acceptors (Lipinski definition) is 5. The van der Waals surface area contributed by atoms with Crippen LogP contribution >= 0.6 is 0 Å². The summed E-state index contributed by atoms with van der Waals surface area (Å²) < 4.78 is 11.3. The second-order valence-corrected chi connectivity index (χ2v) is 6.86. The molecule has 1 fully saturated rings. The van der Waals surface area contributed by atoms with Crippen LogP contribution in [0.4, 0.5) is 0 Å². The number of fused-ring (bicyclic) bond motifs is 3. The number of rotatable bonds is 5. The summed E-state index contributed by atoms with van der Waals surface area (Å²) in [7, 11) is 0. The summed E-state index contributed by atoms with van der Waals surface area (Å²) in [6.07, 6.45) is 3.05. The molecule has 2 aromatic carbocycles. The van der Waals surface area contributed by atoms with Gasteiger partial charge in [0, 0.05) is 6.42 Å². The number of unbranched alkanes of at least 4 members (excludes halogenated alkanes) is 1. The molecule has 1 aliphatic carbocycles. The van der Waals surface area contributed by atoms with Gasteiger partial charge in [-0.25, -0.2) is 0 Å². The summed E-state index contributed by atoms with van der Waals surface area (Å²) in [5.41, 5.74) is 1.32. The number of carbonyl (C=O) groups is 2. The lowest BCUT2D eigenvalue weighted by atomic mass is 9.83. The lowest BCUT2D eigenvalue weighted by Crippen LogP contribution is -2.23. The maximum Gasteiger partial charge on any atom is 0.167 e. The summed E-state index contributed by atoms with van der Waals surface area (Å²) in [4.78, 5) is 23.9. The molecule has 3 aromatic rings. The fourth-order valence-corrected chi connectivity index (χ4v) is 3.60. The van der Waals surface area contributed by atoms with E-state index in [0.717, 1.165) is 34.7 Å². The molecule has 0 spiro atoms. The number of benzene rings is 2. The summed E-state index contributed by atoms with van der Waals surface area (Å²) in [5.74, 6) is 0.424. The fraction of sp³-hybridized carbons (Fsp3) is 0.381. The first-order valence-electron chi connectivity index (χ1n) is 9.16. The van der Waals surface area contributed by atoms with Gasteiger partial charge in [0.2, 0.25) is 0 Å². The van der Waals surface area contributed by atoms with Gasteiger partial charge in [0.05, 0.1) is 24.3 Å². The third kappa shape index (κ3) is 2.98. The molecule has 5 heteroatoms. The molecule has 26 heavy (non-hydrogen) atoms. The van der Waals surface area contributed by atoms with Gasteiger partial charge in [-0.1, -0.05) is 24.6 Å². The summed E-state index contributed by atoms with van der Waals surface area (Å²) in [5, 5.41) is 7.08. The molecule has 1 saturated carbocycles. The molecule has 1 unspecified atom stereocenters. The van der Waals surface area contributed by atoms with Crippen LogP contribution in [0.5, 0.6) is 5.75 Å². The van der Waals surface area contributed by atoms with Gasteiger partial charge in [-0.05, 0) is 47.9 Å². The van der Waals surface area contributed by atoms with Crippen LogP contribution in [-0.2, 0) is 9.59 Å². The minimum absolute atomic E-state index is 0.000791. The Labute approximate surface area is 151 Å². The highest BCUT2D eigenvalue weighted by atomic mass is 16.5.